The zero-order valence-corrected chi connectivity index (χ0v) is 19.5. The van der Waals surface area contributed by atoms with E-state index in [0.29, 0.717) is 0 Å². The van der Waals surface area contributed by atoms with Gasteiger partial charge in [-0.3, -0.25) is 0 Å². The van der Waals surface area contributed by atoms with Crippen molar-refractivity contribution < 1.29 is 4.48 Å². The first kappa shape index (κ1) is 25.4. The average molecular weight is 397 g/mol. The molecule has 0 unspecified atom stereocenters. The third-order valence-corrected chi connectivity index (χ3v) is 5.51. The third-order valence-electron chi connectivity index (χ3n) is 5.51. The van der Waals surface area contributed by atoms with E-state index < -0.39 is 0 Å². The molecule has 0 aliphatic heterocycles. The predicted octanol–water partition coefficient (Wildman–Crippen LogP) is 8.24. The minimum absolute atomic E-state index is 1.08. The van der Waals surface area contributed by atoms with Gasteiger partial charge in [0, 0.05) is 5.56 Å². The average Bonchev–Trinajstić information content (AvgIpc) is 2.74. The number of benzene rings is 1. The fraction of sp³-hybridized carbons (Fsp3) is 0.571. The van der Waals surface area contributed by atoms with Crippen LogP contribution in [-0.2, 0) is 6.54 Å². The fourth-order valence-corrected chi connectivity index (χ4v) is 3.60. The minimum Gasteiger partial charge on any atom is -0.310 e. The monoisotopic (exact) mass is 396 g/mol. The zero-order valence-electron chi connectivity index (χ0n) is 19.5. The summed E-state index contributed by atoms with van der Waals surface area (Å²) in [5.74, 6) is 0. The van der Waals surface area contributed by atoms with Gasteiger partial charge in [0.05, 0.1) is 19.6 Å². The number of allylic oxidation sites excluding steroid dienone is 3. The van der Waals surface area contributed by atoms with Crippen LogP contribution in [0.3, 0.4) is 0 Å². The van der Waals surface area contributed by atoms with Crippen LogP contribution >= 0.6 is 0 Å². The molecule has 0 radical (unpaired) electrons. The molecule has 0 saturated heterocycles. The lowest BCUT2D eigenvalue weighted by Gasteiger charge is -2.36. The van der Waals surface area contributed by atoms with E-state index in [2.05, 4.69) is 87.6 Å². The molecule has 0 heterocycles. The van der Waals surface area contributed by atoms with Gasteiger partial charge in [-0.2, -0.15) is 0 Å². The molecule has 0 aromatic heterocycles. The van der Waals surface area contributed by atoms with E-state index in [9.17, 15) is 0 Å². The van der Waals surface area contributed by atoms with Crippen molar-refractivity contribution in [2.45, 2.75) is 85.1 Å². The maximum absolute atomic E-state index is 2.44. The van der Waals surface area contributed by atoms with E-state index >= 15 is 0 Å². The maximum atomic E-state index is 2.44. The van der Waals surface area contributed by atoms with Crippen molar-refractivity contribution in [2.24, 2.45) is 0 Å². The number of hydrogen-bond donors (Lipinski definition) is 0. The van der Waals surface area contributed by atoms with Gasteiger partial charge in [-0.15, -0.1) is 0 Å². The first-order valence-electron chi connectivity index (χ1n) is 12.1. The lowest BCUT2D eigenvalue weighted by atomic mass is 10.1. The lowest BCUT2D eigenvalue weighted by molar-refractivity contribution is -0.925. The molecule has 162 valence electrons. The Hall–Kier alpha value is -1.60. The summed E-state index contributed by atoms with van der Waals surface area (Å²) >= 11 is 0. The van der Waals surface area contributed by atoms with Crippen molar-refractivity contribution in [3.8, 4) is 0 Å². The fourth-order valence-electron chi connectivity index (χ4n) is 3.60. The standard InChI is InChI=1S/C28H46N/c1-4-7-10-13-19-24-29(25-20-14-11-8-5-2,26-21-15-12-9-6-3)27-28-22-17-16-18-23-28/h13-23H,4-12,24-27H2,1-3H3/q+1/b19-13+,20-14+,21-15+. The van der Waals surface area contributed by atoms with Gasteiger partial charge in [0.2, 0.25) is 0 Å². The van der Waals surface area contributed by atoms with Gasteiger partial charge < -0.3 is 4.48 Å². The number of hydrogen-bond acceptors (Lipinski definition) is 0. The number of rotatable bonds is 17. The van der Waals surface area contributed by atoms with Crippen molar-refractivity contribution in [2.75, 3.05) is 19.6 Å². The summed E-state index contributed by atoms with van der Waals surface area (Å²) in [6, 6.07) is 11.0. The molecule has 1 nitrogen and oxygen atoms in total. The van der Waals surface area contributed by atoms with Gasteiger partial charge >= 0.3 is 0 Å². The Morgan fingerprint density at radius 1 is 0.586 bits per heavy atom. The predicted molar refractivity (Wildman–Crippen MR) is 131 cm³/mol. The Labute approximate surface area is 181 Å². The third kappa shape index (κ3) is 12.5. The SMILES string of the molecule is CCCC/C=C/C[N+](C/C=C/CCCC)(C/C=C/CCCC)Cc1ccccc1. The number of quaternary nitrogens is 1. The first-order valence-corrected chi connectivity index (χ1v) is 12.1. The molecule has 0 bridgehead atoms. The Bertz CT molecular complexity index is 517. The molecular weight excluding hydrogens is 350 g/mol. The molecule has 0 N–H and O–H groups in total. The topological polar surface area (TPSA) is 0 Å². The Morgan fingerprint density at radius 3 is 1.38 bits per heavy atom. The van der Waals surface area contributed by atoms with Crippen LogP contribution in [0.4, 0.5) is 0 Å². The molecule has 0 fully saturated rings. The van der Waals surface area contributed by atoms with E-state index in [1.165, 1.54) is 63.4 Å². The molecule has 1 aromatic rings. The summed E-state index contributed by atoms with van der Waals surface area (Å²) < 4.78 is 1.08. The summed E-state index contributed by atoms with van der Waals surface area (Å²) in [6.45, 7) is 11.2. The molecule has 29 heavy (non-hydrogen) atoms. The minimum atomic E-state index is 1.08. The van der Waals surface area contributed by atoms with Crippen LogP contribution in [0.5, 0.6) is 0 Å². The Morgan fingerprint density at radius 2 is 1.00 bits per heavy atom. The van der Waals surface area contributed by atoms with E-state index in [0.717, 1.165) is 30.7 Å². The van der Waals surface area contributed by atoms with Gasteiger partial charge in [0.15, 0.2) is 0 Å². The molecule has 0 amide bonds. The van der Waals surface area contributed by atoms with Gasteiger partial charge in [-0.1, -0.05) is 108 Å². The van der Waals surface area contributed by atoms with Crippen molar-refractivity contribution in [3.63, 3.8) is 0 Å². The number of unbranched alkanes of at least 4 members (excludes halogenated alkanes) is 6. The zero-order chi connectivity index (χ0) is 21.0. The summed E-state index contributed by atoms with van der Waals surface area (Å²) in [4.78, 5) is 0. The van der Waals surface area contributed by atoms with Crippen molar-refractivity contribution >= 4 is 0 Å². The van der Waals surface area contributed by atoms with Crippen LogP contribution in [0.1, 0.15) is 84.1 Å². The highest BCUT2D eigenvalue weighted by Gasteiger charge is 2.24. The molecule has 0 saturated carbocycles. The lowest BCUT2D eigenvalue weighted by Crippen LogP contribution is -2.47. The van der Waals surface area contributed by atoms with E-state index in [1.807, 2.05) is 0 Å². The molecule has 0 aliphatic rings. The van der Waals surface area contributed by atoms with Gasteiger partial charge in [-0.25, -0.2) is 0 Å². The second-order valence-electron chi connectivity index (χ2n) is 8.37. The quantitative estimate of drug-likeness (QED) is 0.141. The van der Waals surface area contributed by atoms with Crippen LogP contribution in [0, 0.1) is 0 Å². The van der Waals surface area contributed by atoms with Gasteiger partial charge in [-0.05, 0) is 37.5 Å². The van der Waals surface area contributed by atoms with Crippen LogP contribution < -0.4 is 0 Å². The Kier molecular flexibility index (Phi) is 15.2. The summed E-state index contributed by atoms with van der Waals surface area (Å²) in [6.07, 6.45) is 25.9. The van der Waals surface area contributed by atoms with Crippen LogP contribution in [0.15, 0.2) is 66.8 Å². The largest absolute Gasteiger partial charge is 0.310 e. The first-order chi connectivity index (χ1) is 14.3. The highest BCUT2D eigenvalue weighted by atomic mass is 15.3. The molecular formula is C28H46N+. The Balaban J connectivity index is 2.94. The molecule has 0 spiro atoms. The molecule has 0 atom stereocenters. The molecule has 1 aromatic carbocycles. The van der Waals surface area contributed by atoms with E-state index in [4.69, 9.17) is 0 Å². The van der Waals surface area contributed by atoms with Crippen molar-refractivity contribution in [3.05, 3.63) is 72.4 Å². The summed E-state index contributed by atoms with van der Waals surface area (Å²) in [5.41, 5.74) is 1.44. The van der Waals surface area contributed by atoms with E-state index in [-0.39, 0.29) is 0 Å². The van der Waals surface area contributed by atoms with Gasteiger partial charge in [0.1, 0.15) is 6.54 Å². The molecule has 0 aliphatic carbocycles. The second kappa shape index (κ2) is 17.3. The van der Waals surface area contributed by atoms with Crippen LogP contribution in [-0.4, -0.2) is 24.1 Å². The van der Waals surface area contributed by atoms with Crippen molar-refractivity contribution in [1.82, 2.24) is 0 Å². The second-order valence-corrected chi connectivity index (χ2v) is 8.37. The highest BCUT2D eigenvalue weighted by molar-refractivity contribution is 5.13. The number of nitrogens with zero attached hydrogens (tertiary/aromatic N) is 1. The van der Waals surface area contributed by atoms with Crippen LogP contribution in [0.25, 0.3) is 0 Å². The van der Waals surface area contributed by atoms with Crippen molar-refractivity contribution in [1.29, 1.82) is 0 Å². The summed E-state index contributed by atoms with van der Waals surface area (Å²) in [5, 5.41) is 0. The smallest absolute Gasteiger partial charge is 0.105 e. The molecule has 1 rings (SSSR count). The van der Waals surface area contributed by atoms with Gasteiger partial charge in [0.25, 0.3) is 0 Å². The molecule has 1 heteroatoms. The van der Waals surface area contributed by atoms with Crippen LogP contribution in [0.2, 0.25) is 0 Å². The normalized spacial score (nSPS) is 12.7. The summed E-state index contributed by atoms with van der Waals surface area (Å²) in [7, 11) is 0. The maximum Gasteiger partial charge on any atom is 0.105 e. The van der Waals surface area contributed by atoms with E-state index in [1.54, 1.807) is 0 Å². The highest BCUT2D eigenvalue weighted by Crippen LogP contribution is 2.17.